The number of likely N-dealkylation sites (tertiary alicyclic amines) is 1. The molecule has 2 atom stereocenters. The van der Waals surface area contributed by atoms with Crippen LogP contribution in [0.15, 0.2) is 22.7 Å². The quantitative estimate of drug-likeness (QED) is 0.701. The first-order chi connectivity index (χ1) is 14.5. The first-order valence-electron chi connectivity index (χ1n) is 11.0. The first kappa shape index (κ1) is 19.6. The fourth-order valence-corrected chi connectivity index (χ4v) is 5.02. The smallest absolute Gasteiger partial charge is 0.291 e. The van der Waals surface area contributed by atoms with E-state index in [1.54, 1.807) is 6.07 Å². The summed E-state index contributed by atoms with van der Waals surface area (Å²) in [5, 5.41) is 19.7. The van der Waals surface area contributed by atoms with Crippen molar-refractivity contribution in [3.05, 3.63) is 35.6 Å². The maximum atomic E-state index is 14.6. The van der Waals surface area contributed by atoms with E-state index >= 15 is 0 Å². The first-order valence-corrected chi connectivity index (χ1v) is 11.0. The number of fused-ring (bicyclic) bond motifs is 1. The molecule has 1 aliphatic heterocycles. The molecule has 1 saturated carbocycles. The molecule has 0 spiro atoms. The Labute approximate surface area is 174 Å². The van der Waals surface area contributed by atoms with Gasteiger partial charge in [0.1, 0.15) is 11.3 Å². The molecule has 160 valence electrons. The average molecular weight is 413 g/mol. The highest BCUT2D eigenvalue weighted by molar-refractivity contribution is 5.84. The van der Waals surface area contributed by atoms with Crippen molar-refractivity contribution in [2.45, 2.75) is 69.9 Å². The van der Waals surface area contributed by atoms with Gasteiger partial charge >= 0.3 is 0 Å². The van der Waals surface area contributed by atoms with Crippen LogP contribution in [0.3, 0.4) is 0 Å². The third-order valence-corrected chi connectivity index (χ3v) is 6.64. The van der Waals surface area contributed by atoms with Crippen LogP contribution in [0.1, 0.15) is 69.4 Å². The highest BCUT2D eigenvalue weighted by Crippen LogP contribution is 2.33. The summed E-state index contributed by atoms with van der Waals surface area (Å²) in [5.41, 5.74) is 1.21. The third kappa shape index (κ3) is 3.32. The summed E-state index contributed by atoms with van der Waals surface area (Å²) in [6.07, 6.45) is 4.71. The van der Waals surface area contributed by atoms with E-state index in [-0.39, 0.29) is 35.7 Å². The van der Waals surface area contributed by atoms with Gasteiger partial charge in [0, 0.05) is 17.3 Å². The SMILES string of the molecule is CC(C)c1nn(-c2noc(C3CCN([C@H]4CCC[C@@H]4O)CC3)n2)c2c(F)cccc12. The van der Waals surface area contributed by atoms with Crippen LogP contribution in [0.5, 0.6) is 0 Å². The number of aliphatic hydroxyl groups is 1. The Morgan fingerprint density at radius 2 is 1.97 bits per heavy atom. The van der Waals surface area contributed by atoms with Gasteiger partial charge in [-0.3, -0.25) is 4.90 Å². The molecule has 30 heavy (non-hydrogen) atoms. The predicted octanol–water partition coefficient (Wildman–Crippen LogP) is 3.76. The number of para-hydroxylation sites is 1. The van der Waals surface area contributed by atoms with Crippen molar-refractivity contribution in [3.8, 4) is 5.95 Å². The Kier molecular flexibility index (Phi) is 5.06. The maximum absolute atomic E-state index is 14.6. The number of piperidine rings is 1. The van der Waals surface area contributed by atoms with Gasteiger partial charge in [0.15, 0.2) is 0 Å². The number of hydrogen-bond donors (Lipinski definition) is 1. The number of benzene rings is 1. The number of aliphatic hydroxyl groups excluding tert-OH is 1. The van der Waals surface area contributed by atoms with Gasteiger partial charge in [0.25, 0.3) is 5.95 Å². The lowest BCUT2D eigenvalue weighted by atomic mass is 9.95. The lowest BCUT2D eigenvalue weighted by Gasteiger charge is -2.36. The van der Waals surface area contributed by atoms with Gasteiger partial charge in [-0.1, -0.05) is 26.0 Å². The van der Waals surface area contributed by atoms with Crippen LogP contribution in [0, 0.1) is 5.82 Å². The lowest BCUT2D eigenvalue weighted by Crippen LogP contribution is -2.44. The molecule has 0 radical (unpaired) electrons. The van der Waals surface area contributed by atoms with Crippen molar-refractivity contribution >= 4 is 10.9 Å². The van der Waals surface area contributed by atoms with Crippen LogP contribution in [0.4, 0.5) is 4.39 Å². The largest absolute Gasteiger partial charge is 0.391 e. The molecule has 0 bridgehead atoms. The summed E-state index contributed by atoms with van der Waals surface area (Å²) >= 11 is 0. The van der Waals surface area contributed by atoms with E-state index in [4.69, 9.17) is 4.52 Å². The highest BCUT2D eigenvalue weighted by atomic mass is 19.1. The second-order valence-electron chi connectivity index (χ2n) is 8.90. The summed E-state index contributed by atoms with van der Waals surface area (Å²) in [7, 11) is 0. The van der Waals surface area contributed by atoms with Gasteiger partial charge in [-0.2, -0.15) is 14.8 Å². The molecule has 2 aliphatic rings. The predicted molar refractivity (Wildman–Crippen MR) is 110 cm³/mol. The van der Waals surface area contributed by atoms with Crippen LogP contribution < -0.4 is 0 Å². The zero-order chi connectivity index (χ0) is 20.8. The zero-order valence-corrected chi connectivity index (χ0v) is 17.5. The van der Waals surface area contributed by atoms with Gasteiger partial charge in [-0.05, 0) is 62.3 Å². The number of rotatable bonds is 4. The van der Waals surface area contributed by atoms with Crippen LogP contribution in [-0.4, -0.2) is 55.2 Å². The normalized spacial score (nSPS) is 23.8. The molecular weight excluding hydrogens is 385 g/mol. The number of halogens is 1. The molecule has 1 aromatic carbocycles. The average Bonchev–Trinajstić information content (AvgIpc) is 3.46. The van der Waals surface area contributed by atoms with E-state index in [1.165, 1.54) is 10.7 Å². The van der Waals surface area contributed by atoms with E-state index in [9.17, 15) is 9.50 Å². The fourth-order valence-electron chi connectivity index (χ4n) is 5.02. The molecular formula is C22H28FN5O2. The Balaban J connectivity index is 1.38. The second-order valence-corrected chi connectivity index (χ2v) is 8.90. The van der Waals surface area contributed by atoms with Crippen molar-refractivity contribution in [1.82, 2.24) is 24.8 Å². The molecule has 3 aromatic rings. The van der Waals surface area contributed by atoms with Gasteiger partial charge < -0.3 is 9.63 Å². The van der Waals surface area contributed by atoms with Crippen molar-refractivity contribution in [2.75, 3.05) is 13.1 Å². The number of aromatic nitrogens is 4. The highest BCUT2D eigenvalue weighted by Gasteiger charge is 2.34. The number of nitrogens with zero attached hydrogens (tertiary/aromatic N) is 5. The Hall–Kier alpha value is -2.32. The minimum Gasteiger partial charge on any atom is -0.391 e. The van der Waals surface area contributed by atoms with E-state index in [2.05, 4.69) is 20.1 Å². The van der Waals surface area contributed by atoms with Crippen molar-refractivity contribution in [1.29, 1.82) is 0 Å². The fraction of sp³-hybridized carbons (Fsp3) is 0.591. The molecule has 1 N–H and O–H groups in total. The van der Waals surface area contributed by atoms with Crippen molar-refractivity contribution < 1.29 is 14.0 Å². The summed E-state index contributed by atoms with van der Waals surface area (Å²) < 4.78 is 21.7. The van der Waals surface area contributed by atoms with Crippen LogP contribution in [0.2, 0.25) is 0 Å². The van der Waals surface area contributed by atoms with E-state index in [0.29, 0.717) is 11.4 Å². The monoisotopic (exact) mass is 413 g/mol. The van der Waals surface area contributed by atoms with Gasteiger partial charge in [0.2, 0.25) is 5.89 Å². The summed E-state index contributed by atoms with van der Waals surface area (Å²) in [5.74, 6) is 0.847. The van der Waals surface area contributed by atoms with Crippen molar-refractivity contribution in [2.24, 2.45) is 0 Å². The molecule has 5 rings (SSSR count). The van der Waals surface area contributed by atoms with Crippen molar-refractivity contribution in [3.63, 3.8) is 0 Å². The lowest BCUT2D eigenvalue weighted by molar-refractivity contribution is 0.0528. The molecule has 3 heterocycles. The molecule has 2 aromatic heterocycles. The van der Waals surface area contributed by atoms with E-state index in [1.807, 2.05) is 19.9 Å². The summed E-state index contributed by atoms with van der Waals surface area (Å²) in [6.45, 7) is 5.91. The van der Waals surface area contributed by atoms with Crippen LogP contribution >= 0.6 is 0 Å². The molecule has 2 fully saturated rings. The topological polar surface area (TPSA) is 80.2 Å². The van der Waals surface area contributed by atoms with E-state index < -0.39 is 0 Å². The minimum absolute atomic E-state index is 0.150. The Morgan fingerprint density at radius 1 is 1.17 bits per heavy atom. The third-order valence-electron chi connectivity index (χ3n) is 6.64. The zero-order valence-electron chi connectivity index (χ0n) is 17.5. The molecule has 8 heteroatoms. The standard InChI is InChI=1S/C22H28FN5O2/c1-13(2)19-15-5-3-6-16(23)20(15)28(25-19)22-24-21(30-26-22)14-9-11-27(12-10-14)17-7-4-8-18(17)29/h3,5-6,13-14,17-18,29H,4,7-12H2,1-2H3/t17-,18-/m0/s1. The van der Waals surface area contributed by atoms with Gasteiger partial charge in [0.05, 0.1) is 11.8 Å². The Bertz CT molecular complexity index is 1040. The summed E-state index contributed by atoms with van der Waals surface area (Å²) in [6, 6.07) is 5.30. The number of hydrogen-bond acceptors (Lipinski definition) is 6. The van der Waals surface area contributed by atoms with Gasteiger partial charge in [-0.15, -0.1) is 0 Å². The second kappa shape index (κ2) is 7.74. The van der Waals surface area contributed by atoms with Crippen LogP contribution in [0.25, 0.3) is 16.9 Å². The molecule has 0 unspecified atom stereocenters. The molecule has 1 saturated heterocycles. The maximum Gasteiger partial charge on any atom is 0.291 e. The molecule has 0 amide bonds. The molecule has 1 aliphatic carbocycles. The minimum atomic E-state index is -0.346. The summed E-state index contributed by atoms with van der Waals surface area (Å²) in [4.78, 5) is 6.99. The van der Waals surface area contributed by atoms with Gasteiger partial charge in [-0.25, -0.2) is 4.39 Å². The molecule has 7 nitrogen and oxygen atoms in total. The van der Waals surface area contributed by atoms with Crippen LogP contribution in [-0.2, 0) is 0 Å². The Morgan fingerprint density at radius 3 is 2.67 bits per heavy atom. The van der Waals surface area contributed by atoms with E-state index in [0.717, 1.165) is 56.3 Å².